The third-order valence-electron chi connectivity index (χ3n) is 3.38. The number of nitrogens with two attached hydrogens (primary N) is 1. The van der Waals surface area contributed by atoms with Crippen LogP contribution in [0, 0.1) is 5.92 Å². The predicted molar refractivity (Wildman–Crippen MR) is 67.1 cm³/mol. The summed E-state index contributed by atoms with van der Waals surface area (Å²) < 4.78 is 0. The second-order valence-corrected chi connectivity index (χ2v) is 5.62. The third kappa shape index (κ3) is 4.97. The van der Waals surface area contributed by atoms with Crippen molar-refractivity contribution in [1.82, 2.24) is 5.32 Å². The first-order chi connectivity index (χ1) is 7.50. The van der Waals surface area contributed by atoms with Crippen LogP contribution in [-0.4, -0.2) is 18.0 Å². The van der Waals surface area contributed by atoms with E-state index in [1.54, 1.807) is 13.8 Å². The number of hydrogen-bond donors (Lipinski definition) is 2. The van der Waals surface area contributed by atoms with Gasteiger partial charge in [0.1, 0.15) is 0 Å². The van der Waals surface area contributed by atoms with Gasteiger partial charge in [-0.05, 0) is 26.2 Å². The first-order valence-electron chi connectivity index (χ1n) is 6.57. The van der Waals surface area contributed by atoms with E-state index in [-0.39, 0.29) is 5.91 Å². The van der Waals surface area contributed by atoms with Crippen molar-refractivity contribution in [3.05, 3.63) is 0 Å². The van der Waals surface area contributed by atoms with Crippen molar-refractivity contribution in [1.29, 1.82) is 0 Å². The molecule has 0 aliphatic heterocycles. The number of carbonyl (C=O) groups is 1. The summed E-state index contributed by atoms with van der Waals surface area (Å²) in [6.07, 6.45) is 9.33. The molecule has 3 nitrogen and oxygen atoms in total. The van der Waals surface area contributed by atoms with Crippen LogP contribution in [0.15, 0.2) is 0 Å². The molecule has 1 fully saturated rings. The molecule has 0 bridgehead atoms. The molecule has 3 heteroatoms. The van der Waals surface area contributed by atoms with Crippen molar-refractivity contribution < 1.29 is 4.79 Å². The Morgan fingerprint density at radius 3 is 2.50 bits per heavy atom. The van der Waals surface area contributed by atoms with Crippen LogP contribution in [0.5, 0.6) is 0 Å². The molecule has 0 unspecified atom stereocenters. The summed E-state index contributed by atoms with van der Waals surface area (Å²) in [5.41, 5.74) is 4.94. The van der Waals surface area contributed by atoms with Crippen LogP contribution in [0.4, 0.5) is 0 Å². The van der Waals surface area contributed by atoms with E-state index in [0.717, 1.165) is 18.9 Å². The number of hydrogen-bond acceptors (Lipinski definition) is 2. The van der Waals surface area contributed by atoms with Gasteiger partial charge in [-0.2, -0.15) is 0 Å². The molecule has 0 radical (unpaired) electrons. The molecule has 0 aromatic heterocycles. The lowest BCUT2D eigenvalue weighted by atomic mass is 10.0. The van der Waals surface area contributed by atoms with E-state index in [0.29, 0.717) is 0 Å². The monoisotopic (exact) mass is 226 g/mol. The lowest BCUT2D eigenvalue weighted by molar-refractivity contribution is -0.125. The highest BCUT2D eigenvalue weighted by atomic mass is 16.2. The van der Waals surface area contributed by atoms with E-state index in [9.17, 15) is 4.79 Å². The average molecular weight is 226 g/mol. The van der Waals surface area contributed by atoms with Gasteiger partial charge in [0.2, 0.25) is 5.91 Å². The second-order valence-electron chi connectivity index (χ2n) is 5.62. The molecule has 0 heterocycles. The summed E-state index contributed by atoms with van der Waals surface area (Å²) in [6.45, 7) is 4.24. The van der Waals surface area contributed by atoms with Crippen molar-refractivity contribution >= 4 is 5.91 Å². The van der Waals surface area contributed by atoms with Crippen LogP contribution in [0.3, 0.4) is 0 Å². The smallest absolute Gasteiger partial charge is 0.239 e. The predicted octanol–water partition coefficient (Wildman–Crippen LogP) is 2.20. The number of unbranched alkanes of at least 4 members (excludes halogenated alkanes) is 1. The Kier molecular flexibility index (Phi) is 5.26. The molecule has 94 valence electrons. The molecule has 0 atom stereocenters. The van der Waals surface area contributed by atoms with Crippen molar-refractivity contribution in [3.8, 4) is 0 Å². The van der Waals surface area contributed by atoms with E-state index in [2.05, 4.69) is 5.32 Å². The highest BCUT2D eigenvalue weighted by Gasteiger charge is 2.20. The first kappa shape index (κ1) is 13.5. The molecule has 16 heavy (non-hydrogen) atoms. The van der Waals surface area contributed by atoms with Crippen molar-refractivity contribution in [3.63, 3.8) is 0 Å². The Balaban J connectivity index is 1.97. The molecule has 1 aliphatic carbocycles. The van der Waals surface area contributed by atoms with Crippen LogP contribution < -0.4 is 11.1 Å². The molecule has 1 amide bonds. The Labute approximate surface area is 99.2 Å². The second kappa shape index (κ2) is 6.24. The van der Waals surface area contributed by atoms with E-state index in [4.69, 9.17) is 5.73 Å². The molecule has 0 spiro atoms. The molecule has 0 aromatic carbocycles. The molecule has 3 N–H and O–H groups in total. The van der Waals surface area contributed by atoms with Gasteiger partial charge in [-0.3, -0.25) is 4.79 Å². The minimum absolute atomic E-state index is 0.0478. The molecular formula is C13H26N2O. The van der Waals surface area contributed by atoms with Crippen LogP contribution in [-0.2, 0) is 4.79 Å². The Hall–Kier alpha value is -0.570. The molecule has 1 rings (SSSR count). The number of amides is 1. The molecular weight excluding hydrogens is 200 g/mol. The maximum Gasteiger partial charge on any atom is 0.239 e. The molecule has 1 aliphatic rings. The maximum absolute atomic E-state index is 11.4. The van der Waals surface area contributed by atoms with Crippen LogP contribution in [0.1, 0.15) is 58.8 Å². The van der Waals surface area contributed by atoms with Gasteiger partial charge in [-0.15, -0.1) is 0 Å². The normalized spacial score (nSPS) is 17.7. The zero-order valence-corrected chi connectivity index (χ0v) is 10.7. The van der Waals surface area contributed by atoms with Gasteiger partial charge < -0.3 is 11.1 Å². The highest BCUT2D eigenvalue weighted by Crippen LogP contribution is 2.28. The maximum atomic E-state index is 11.4. The first-order valence-corrected chi connectivity index (χ1v) is 6.57. The van der Waals surface area contributed by atoms with Crippen LogP contribution in [0.2, 0.25) is 0 Å². The quantitative estimate of drug-likeness (QED) is 0.682. The number of carbonyl (C=O) groups excluding carboxylic acids is 1. The van der Waals surface area contributed by atoms with Gasteiger partial charge in [0.05, 0.1) is 5.54 Å². The minimum Gasteiger partial charge on any atom is -0.355 e. The Morgan fingerprint density at radius 1 is 1.31 bits per heavy atom. The Bertz CT molecular complexity index is 214. The third-order valence-corrected chi connectivity index (χ3v) is 3.38. The van der Waals surface area contributed by atoms with Crippen molar-refractivity contribution in [2.24, 2.45) is 11.7 Å². The lowest BCUT2D eigenvalue weighted by Gasteiger charge is -2.17. The number of nitrogens with one attached hydrogen (secondary N) is 1. The molecule has 1 saturated carbocycles. The van der Waals surface area contributed by atoms with E-state index >= 15 is 0 Å². The van der Waals surface area contributed by atoms with Gasteiger partial charge in [-0.25, -0.2) is 0 Å². The molecule has 0 aromatic rings. The fourth-order valence-corrected chi connectivity index (χ4v) is 2.29. The topological polar surface area (TPSA) is 55.1 Å². The van der Waals surface area contributed by atoms with Gasteiger partial charge in [0.25, 0.3) is 0 Å². The summed E-state index contributed by atoms with van der Waals surface area (Å²) in [4.78, 5) is 11.4. The minimum atomic E-state index is -0.745. The fourth-order valence-electron chi connectivity index (χ4n) is 2.29. The van der Waals surface area contributed by atoms with Gasteiger partial charge in [0.15, 0.2) is 0 Å². The fraction of sp³-hybridized carbons (Fsp3) is 0.923. The van der Waals surface area contributed by atoms with Gasteiger partial charge in [-0.1, -0.05) is 38.5 Å². The largest absolute Gasteiger partial charge is 0.355 e. The zero-order chi connectivity index (χ0) is 12.0. The summed E-state index contributed by atoms with van der Waals surface area (Å²) in [7, 11) is 0. The summed E-state index contributed by atoms with van der Waals surface area (Å²) in [6, 6.07) is 0. The molecule has 0 saturated heterocycles. The van der Waals surface area contributed by atoms with Crippen LogP contribution >= 0.6 is 0 Å². The Morgan fingerprint density at radius 2 is 1.94 bits per heavy atom. The van der Waals surface area contributed by atoms with Crippen molar-refractivity contribution in [2.45, 2.75) is 64.3 Å². The van der Waals surface area contributed by atoms with E-state index in [1.807, 2.05) is 0 Å². The van der Waals surface area contributed by atoms with Gasteiger partial charge >= 0.3 is 0 Å². The summed E-state index contributed by atoms with van der Waals surface area (Å²) in [5.74, 6) is 0.912. The lowest BCUT2D eigenvalue weighted by Crippen LogP contribution is -2.49. The van der Waals surface area contributed by atoms with Crippen LogP contribution in [0.25, 0.3) is 0 Å². The summed E-state index contributed by atoms with van der Waals surface area (Å²) >= 11 is 0. The van der Waals surface area contributed by atoms with Gasteiger partial charge in [0, 0.05) is 6.54 Å². The standard InChI is InChI=1S/C13H26N2O/c1-13(2,14)12(16)15-10-6-5-9-11-7-3-4-8-11/h11H,3-10,14H2,1-2H3,(H,15,16). The average Bonchev–Trinajstić information content (AvgIpc) is 2.68. The number of rotatable bonds is 6. The van der Waals surface area contributed by atoms with E-state index in [1.165, 1.54) is 38.5 Å². The summed E-state index contributed by atoms with van der Waals surface area (Å²) in [5, 5.41) is 2.88. The highest BCUT2D eigenvalue weighted by molar-refractivity contribution is 5.84. The van der Waals surface area contributed by atoms with E-state index < -0.39 is 5.54 Å². The zero-order valence-electron chi connectivity index (χ0n) is 10.7. The van der Waals surface area contributed by atoms with Crippen molar-refractivity contribution in [2.75, 3.05) is 6.54 Å². The SMILES string of the molecule is CC(C)(N)C(=O)NCCCCC1CCCC1.